The van der Waals surface area contributed by atoms with Gasteiger partial charge in [-0.15, -0.1) is 0 Å². The summed E-state index contributed by atoms with van der Waals surface area (Å²) < 4.78 is 1.81. The zero-order valence-corrected chi connectivity index (χ0v) is 20.9. The van der Waals surface area contributed by atoms with Crippen molar-refractivity contribution in [2.45, 2.75) is 96.2 Å². The van der Waals surface area contributed by atoms with Gasteiger partial charge in [-0.05, 0) is 51.2 Å². The Kier molecular flexibility index (Phi) is 8.72. The number of carbonyl (C=O) groups excluding carboxylic acids is 2. The number of rotatable bonds is 6. The molecule has 0 aromatic carbocycles. The van der Waals surface area contributed by atoms with Gasteiger partial charge >= 0.3 is 0 Å². The number of likely N-dealkylation sites (tertiary alicyclic amines) is 1. The van der Waals surface area contributed by atoms with Gasteiger partial charge in [0.25, 0.3) is 11.8 Å². The molecule has 1 N–H and O–H groups in total. The zero-order valence-electron chi connectivity index (χ0n) is 20.9. The van der Waals surface area contributed by atoms with Gasteiger partial charge in [0.1, 0.15) is 11.1 Å². The highest BCUT2D eigenvalue weighted by Gasteiger charge is 2.28. The largest absolute Gasteiger partial charge is 0.352 e. The molecule has 2 fully saturated rings. The van der Waals surface area contributed by atoms with Crippen molar-refractivity contribution in [1.82, 2.24) is 19.8 Å². The van der Waals surface area contributed by atoms with Crippen LogP contribution in [-0.4, -0.2) is 44.9 Å². The van der Waals surface area contributed by atoms with E-state index in [9.17, 15) is 14.4 Å². The lowest BCUT2D eigenvalue weighted by Gasteiger charge is -2.33. The van der Waals surface area contributed by atoms with Gasteiger partial charge in [0.05, 0.1) is 0 Å². The predicted molar refractivity (Wildman–Crippen MR) is 137 cm³/mol. The van der Waals surface area contributed by atoms with Crippen molar-refractivity contribution >= 4 is 11.8 Å². The molecule has 35 heavy (non-hydrogen) atoms. The highest BCUT2D eigenvalue weighted by molar-refractivity contribution is 5.99. The molecule has 7 heteroatoms. The Hall–Kier alpha value is -2.96. The summed E-state index contributed by atoms with van der Waals surface area (Å²) in [6.45, 7) is 3.20. The van der Waals surface area contributed by atoms with Crippen LogP contribution in [0.4, 0.5) is 0 Å². The van der Waals surface area contributed by atoms with Gasteiger partial charge in [-0.1, -0.05) is 38.2 Å². The monoisotopic (exact) mass is 478 g/mol. The predicted octanol–water partition coefficient (Wildman–Crippen LogP) is 4.34. The van der Waals surface area contributed by atoms with Crippen LogP contribution >= 0.6 is 0 Å². The van der Waals surface area contributed by atoms with E-state index >= 15 is 0 Å². The molecule has 1 atom stereocenters. The van der Waals surface area contributed by atoms with Crippen LogP contribution in [-0.2, 0) is 13.0 Å². The average Bonchev–Trinajstić information content (AvgIpc) is 2.85. The third kappa shape index (κ3) is 6.59. The molecule has 4 rings (SSSR count). The van der Waals surface area contributed by atoms with Crippen molar-refractivity contribution in [3.63, 3.8) is 0 Å². The second kappa shape index (κ2) is 12.1. The van der Waals surface area contributed by atoms with E-state index in [0.717, 1.165) is 50.6 Å². The highest BCUT2D eigenvalue weighted by atomic mass is 16.2. The lowest BCUT2D eigenvalue weighted by molar-refractivity contribution is 0.0633. The molecule has 1 saturated heterocycles. The first-order valence-corrected chi connectivity index (χ1v) is 13.3. The maximum absolute atomic E-state index is 13.5. The van der Waals surface area contributed by atoms with Crippen LogP contribution in [0.25, 0.3) is 0 Å². The lowest BCUT2D eigenvalue weighted by Crippen LogP contribution is -2.45. The van der Waals surface area contributed by atoms with Gasteiger partial charge in [0, 0.05) is 55.9 Å². The maximum Gasteiger partial charge on any atom is 0.259 e. The molecule has 2 amide bonds. The third-order valence-electron chi connectivity index (χ3n) is 7.41. The normalized spacial score (nSPS) is 19.6. The number of pyridine rings is 2. The Bertz CT molecular complexity index is 1060. The van der Waals surface area contributed by atoms with Crippen LogP contribution in [0.2, 0.25) is 0 Å². The van der Waals surface area contributed by atoms with E-state index in [-0.39, 0.29) is 35.0 Å². The summed E-state index contributed by atoms with van der Waals surface area (Å²) >= 11 is 0. The van der Waals surface area contributed by atoms with Crippen LogP contribution in [0.1, 0.15) is 97.5 Å². The molecular weight excluding hydrogens is 440 g/mol. The number of aryl methyl sites for hydroxylation is 2. The van der Waals surface area contributed by atoms with Crippen LogP contribution < -0.4 is 10.7 Å². The summed E-state index contributed by atoms with van der Waals surface area (Å²) in [5, 5.41) is 3.11. The molecule has 1 aliphatic heterocycles. The minimum atomic E-state index is -0.467. The van der Waals surface area contributed by atoms with Crippen molar-refractivity contribution in [2.24, 2.45) is 0 Å². The van der Waals surface area contributed by atoms with E-state index in [2.05, 4.69) is 10.3 Å². The first-order valence-electron chi connectivity index (χ1n) is 13.3. The van der Waals surface area contributed by atoms with Crippen molar-refractivity contribution in [2.75, 3.05) is 6.54 Å². The van der Waals surface area contributed by atoms with Crippen molar-refractivity contribution in [3.05, 3.63) is 63.8 Å². The summed E-state index contributed by atoms with van der Waals surface area (Å²) in [5.41, 5.74) is 0.600. The van der Waals surface area contributed by atoms with Crippen LogP contribution in [0.3, 0.4) is 0 Å². The Labute approximate surface area is 207 Å². The third-order valence-corrected chi connectivity index (χ3v) is 7.41. The van der Waals surface area contributed by atoms with Gasteiger partial charge in [0.2, 0.25) is 5.43 Å². The van der Waals surface area contributed by atoms with E-state index in [1.807, 2.05) is 29.7 Å². The fourth-order valence-electron chi connectivity index (χ4n) is 5.28. The Morgan fingerprint density at radius 2 is 1.69 bits per heavy atom. The van der Waals surface area contributed by atoms with Gasteiger partial charge in [-0.2, -0.15) is 0 Å². The topological polar surface area (TPSA) is 84.3 Å². The fourth-order valence-corrected chi connectivity index (χ4v) is 5.28. The molecule has 2 aliphatic rings. The number of nitrogens with one attached hydrogen (secondary N) is 1. The van der Waals surface area contributed by atoms with Crippen LogP contribution in [0, 0.1) is 0 Å². The van der Waals surface area contributed by atoms with Gasteiger partial charge < -0.3 is 14.8 Å². The molecule has 0 bridgehead atoms. The standard InChI is InChI=1S/C28H38N4O3/c1-21-11-8-10-17-32(21)28(35)25-20-31(18-15-22-12-7-9-16-29-22)19-24(26(25)33)27(34)30-23-13-5-3-2-4-6-14-23/h7,9,12,16,19-21,23H,2-6,8,10-11,13-15,17-18H2,1H3,(H,30,34). The smallest absolute Gasteiger partial charge is 0.259 e. The molecule has 1 saturated carbocycles. The number of hydrogen-bond acceptors (Lipinski definition) is 4. The molecule has 2 aromatic heterocycles. The van der Waals surface area contributed by atoms with Gasteiger partial charge in [-0.3, -0.25) is 19.4 Å². The minimum absolute atomic E-state index is 0.0589. The molecule has 2 aromatic rings. The van der Waals surface area contributed by atoms with Crippen LogP contribution in [0.5, 0.6) is 0 Å². The second-order valence-electron chi connectivity index (χ2n) is 10.1. The molecular formula is C28H38N4O3. The van der Waals surface area contributed by atoms with Gasteiger partial charge in [-0.25, -0.2) is 0 Å². The van der Waals surface area contributed by atoms with Gasteiger partial charge in [0.15, 0.2) is 0 Å². The Balaban J connectivity index is 1.61. The second-order valence-corrected chi connectivity index (χ2v) is 10.1. The number of carbonyl (C=O) groups is 2. The average molecular weight is 479 g/mol. The molecule has 0 radical (unpaired) electrons. The fraction of sp³-hybridized carbons (Fsp3) is 0.571. The molecule has 3 heterocycles. The Morgan fingerprint density at radius 3 is 2.40 bits per heavy atom. The molecule has 188 valence electrons. The maximum atomic E-state index is 13.5. The lowest BCUT2D eigenvalue weighted by atomic mass is 9.96. The summed E-state index contributed by atoms with van der Waals surface area (Å²) in [6, 6.07) is 5.92. The first-order chi connectivity index (χ1) is 17.0. The zero-order chi connectivity index (χ0) is 24.6. The minimum Gasteiger partial charge on any atom is -0.352 e. The number of nitrogens with zero attached hydrogens (tertiary/aromatic N) is 3. The summed E-state index contributed by atoms with van der Waals surface area (Å²) in [4.78, 5) is 46.4. The summed E-state index contributed by atoms with van der Waals surface area (Å²) in [5.74, 6) is -0.636. The van der Waals surface area contributed by atoms with Crippen molar-refractivity contribution in [3.8, 4) is 0 Å². The van der Waals surface area contributed by atoms with E-state index < -0.39 is 5.43 Å². The van der Waals surface area contributed by atoms with E-state index in [4.69, 9.17) is 0 Å². The number of amides is 2. The molecule has 0 spiro atoms. The SMILES string of the molecule is CC1CCCCN1C(=O)c1cn(CCc2ccccn2)cc(C(=O)NC2CCCCCCC2)c1=O. The number of piperidine rings is 1. The summed E-state index contributed by atoms with van der Waals surface area (Å²) in [7, 11) is 0. The molecule has 1 unspecified atom stereocenters. The van der Waals surface area contributed by atoms with E-state index in [0.29, 0.717) is 19.5 Å². The van der Waals surface area contributed by atoms with E-state index in [1.54, 1.807) is 23.5 Å². The molecule has 1 aliphatic carbocycles. The Morgan fingerprint density at radius 1 is 0.971 bits per heavy atom. The molecule has 7 nitrogen and oxygen atoms in total. The van der Waals surface area contributed by atoms with E-state index in [1.165, 1.54) is 19.3 Å². The quantitative estimate of drug-likeness (QED) is 0.669. The highest BCUT2D eigenvalue weighted by Crippen LogP contribution is 2.20. The van der Waals surface area contributed by atoms with Crippen LogP contribution in [0.15, 0.2) is 41.6 Å². The van der Waals surface area contributed by atoms with Crippen molar-refractivity contribution < 1.29 is 9.59 Å². The summed E-state index contributed by atoms with van der Waals surface area (Å²) in [6.07, 6.45) is 16.2. The first kappa shape index (κ1) is 25.1. The van der Waals surface area contributed by atoms with Crippen molar-refractivity contribution in [1.29, 1.82) is 0 Å². The number of aromatic nitrogens is 2. The number of hydrogen-bond donors (Lipinski definition) is 1.